The van der Waals surface area contributed by atoms with Crippen LogP contribution in [-0.2, 0) is 13.1 Å². The highest BCUT2D eigenvalue weighted by atomic mass is 16.7. The summed E-state index contributed by atoms with van der Waals surface area (Å²) < 4.78 is 21.7. The zero-order chi connectivity index (χ0) is 16.4. The minimum atomic E-state index is 0.286. The average molecular weight is 327 g/mol. The zero-order valence-electron chi connectivity index (χ0n) is 13.3. The Hall–Kier alpha value is -2.80. The number of fused-ring (bicyclic) bond motifs is 1. The van der Waals surface area contributed by atoms with Crippen molar-refractivity contribution in [2.45, 2.75) is 20.0 Å². The van der Waals surface area contributed by atoms with E-state index in [0.29, 0.717) is 24.1 Å². The van der Waals surface area contributed by atoms with Crippen LogP contribution in [0.4, 0.5) is 0 Å². The highest BCUT2D eigenvalue weighted by Crippen LogP contribution is 2.32. The van der Waals surface area contributed by atoms with Crippen LogP contribution in [0.25, 0.3) is 11.7 Å². The predicted molar refractivity (Wildman–Crippen MR) is 84.4 cm³/mol. The number of hydrogen-bond acceptors (Lipinski definition) is 7. The Kier molecular flexibility index (Phi) is 3.92. The molecule has 0 saturated heterocycles. The molecule has 7 nitrogen and oxygen atoms in total. The third-order valence-electron chi connectivity index (χ3n) is 3.85. The molecule has 0 N–H and O–H groups in total. The van der Waals surface area contributed by atoms with Gasteiger partial charge in [-0.2, -0.15) is 0 Å². The third-order valence-corrected chi connectivity index (χ3v) is 3.85. The number of nitrogens with zero attached hydrogens (tertiary/aromatic N) is 3. The lowest BCUT2D eigenvalue weighted by atomic mass is 10.2. The number of hydrogen-bond donors (Lipinski definition) is 0. The van der Waals surface area contributed by atoms with Gasteiger partial charge in [0.2, 0.25) is 12.7 Å². The largest absolute Gasteiger partial charge is 0.459 e. The predicted octanol–water partition coefficient (Wildman–Crippen LogP) is 3.08. The Balaban J connectivity index is 1.44. The Morgan fingerprint density at radius 2 is 2.00 bits per heavy atom. The van der Waals surface area contributed by atoms with Gasteiger partial charge in [-0.05, 0) is 36.4 Å². The van der Waals surface area contributed by atoms with E-state index in [2.05, 4.69) is 22.0 Å². The Morgan fingerprint density at radius 3 is 2.83 bits per heavy atom. The van der Waals surface area contributed by atoms with Gasteiger partial charge in [-0.15, -0.1) is 10.2 Å². The molecule has 124 valence electrons. The van der Waals surface area contributed by atoms with Crippen LogP contribution < -0.4 is 9.47 Å². The lowest BCUT2D eigenvalue weighted by Crippen LogP contribution is -2.22. The van der Waals surface area contributed by atoms with Crippen molar-refractivity contribution in [2.75, 3.05) is 13.3 Å². The Labute approximate surface area is 138 Å². The van der Waals surface area contributed by atoms with E-state index in [1.165, 1.54) is 0 Å². The summed E-state index contributed by atoms with van der Waals surface area (Å²) >= 11 is 0. The summed E-state index contributed by atoms with van der Waals surface area (Å²) in [5.74, 6) is 3.12. The minimum absolute atomic E-state index is 0.286. The molecule has 1 aliphatic rings. The second kappa shape index (κ2) is 6.37. The summed E-state index contributed by atoms with van der Waals surface area (Å²) in [6, 6.07) is 9.57. The van der Waals surface area contributed by atoms with Gasteiger partial charge >= 0.3 is 0 Å². The maximum absolute atomic E-state index is 5.67. The molecule has 0 saturated carbocycles. The fourth-order valence-electron chi connectivity index (χ4n) is 2.59. The summed E-state index contributed by atoms with van der Waals surface area (Å²) in [7, 11) is 0. The smallest absolute Gasteiger partial charge is 0.283 e. The molecule has 3 heterocycles. The molecule has 0 radical (unpaired) electrons. The van der Waals surface area contributed by atoms with E-state index < -0.39 is 0 Å². The summed E-state index contributed by atoms with van der Waals surface area (Å²) in [6.07, 6.45) is 1.58. The number of ether oxygens (including phenoxy) is 2. The summed E-state index contributed by atoms with van der Waals surface area (Å²) in [6.45, 7) is 4.56. The Morgan fingerprint density at radius 1 is 1.08 bits per heavy atom. The lowest BCUT2D eigenvalue weighted by molar-refractivity contribution is 0.174. The fourth-order valence-corrected chi connectivity index (χ4v) is 2.59. The molecule has 0 aliphatic carbocycles. The molecule has 3 aromatic rings. The standard InChI is InChI=1S/C17H17N3O4/c1-2-20(9-12-5-6-13-15(8-12)23-11-22-13)10-16-18-19-17(24-16)14-4-3-7-21-14/h3-8H,2,9-11H2,1H3. The molecule has 0 fully saturated rings. The van der Waals surface area contributed by atoms with E-state index >= 15 is 0 Å². The van der Waals surface area contributed by atoms with Crippen molar-refractivity contribution in [3.8, 4) is 23.1 Å². The van der Waals surface area contributed by atoms with Gasteiger partial charge in [-0.3, -0.25) is 4.90 Å². The molecule has 1 aromatic carbocycles. The van der Waals surface area contributed by atoms with Crippen LogP contribution in [0.5, 0.6) is 11.5 Å². The highest BCUT2D eigenvalue weighted by molar-refractivity contribution is 5.44. The van der Waals surface area contributed by atoms with Crippen molar-refractivity contribution in [3.63, 3.8) is 0 Å². The first-order valence-corrected chi connectivity index (χ1v) is 7.79. The minimum Gasteiger partial charge on any atom is -0.459 e. The van der Waals surface area contributed by atoms with Crippen LogP contribution in [0.3, 0.4) is 0 Å². The van der Waals surface area contributed by atoms with Crippen LogP contribution in [0.2, 0.25) is 0 Å². The lowest BCUT2D eigenvalue weighted by Gasteiger charge is -2.18. The van der Waals surface area contributed by atoms with E-state index in [1.54, 1.807) is 18.4 Å². The first kappa shape index (κ1) is 14.8. The topological polar surface area (TPSA) is 73.8 Å². The molecule has 0 spiro atoms. The van der Waals surface area contributed by atoms with Crippen molar-refractivity contribution >= 4 is 0 Å². The third kappa shape index (κ3) is 2.98. The molecule has 2 aromatic heterocycles. The molecule has 0 unspecified atom stereocenters. The van der Waals surface area contributed by atoms with Gasteiger partial charge in [0.15, 0.2) is 17.3 Å². The van der Waals surface area contributed by atoms with Crippen molar-refractivity contribution in [2.24, 2.45) is 0 Å². The number of benzene rings is 1. The van der Waals surface area contributed by atoms with Gasteiger partial charge in [0.05, 0.1) is 12.8 Å². The van der Waals surface area contributed by atoms with Crippen molar-refractivity contribution in [1.29, 1.82) is 0 Å². The van der Waals surface area contributed by atoms with Gasteiger partial charge in [0.25, 0.3) is 5.89 Å². The first-order chi connectivity index (χ1) is 11.8. The van der Waals surface area contributed by atoms with Gasteiger partial charge in [0.1, 0.15) is 0 Å². The van der Waals surface area contributed by atoms with Crippen molar-refractivity contribution in [1.82, 2.24) is 15.1 Å². The molecule has 4 rings (SSSR count). The fraction of sp³-hybridized carbons (Fsp3) is 0.294. The zero-order valence-corrected chi connectivity index (χ0v) is 13.3. The van der Waals surface area contributed by atoms with Gasteiger partial charge in [-0.25, -0.2) is 0 Å². The maximum atomic E-state index is 5.67. The molecular formula is C17H17N3O4. The molecule has 0 bridgehead atoms. The van der Waals surface area contributed by atoms with Gasteiger partial charge in [0, 0.05) is 6.54 Å². The summed E-state index contributed by atoms with van der Waals surface area (Å²) in [4.78, 5) is 2.21. The van der Waals surface area contributed by atoms with E-state index in [0.717, 1.165) is 30.2 Å². The maximum Gasteiger partial charge on any atom is 0.283 e. The molecule has 1 aliphatic heterocycles. The van der Waals surface area contributed by atoms with Crippen LogP contribution in [-0.4, -0.2) is 28.4 Å². The molecule has 24 heavy (non-hydrogen) atoms. The second-order valence-electron chi connectivity index (χ2n) is 5.47. The normalized spacial score (nSPS) is 12.9. The highest BCUT2D eigenvalue weighted by Gasteiger charge is 2.16. The number of rotatable bonds is 6. The molecule has 0 amide bonds. The monoisotopic (exact) mass is 327 g/mol. The van der Waals surface area contributed by atoms with Crippen molar-refractivity contribution in [3.05, 3.63) is 48.0 Å². The second-order valence-corrected chi connectivity index (χ2v) is 5.47. The van der Waals surface area contributed by atoms with E-state index in [1.807, 2.05) is 18.2 Å². The average Bonchev–Trinajstić information content (AvgIpc) is 3.34. The van der Waals surface area contributed by atoms with E-state index in [9.17, 15) is 0 Å². The van der Waals surface area contributed by atoms with E-state index in [4.69, 9.17) is 18.3 Å². The van der Waals surface area contributed by atoms with Crippen LogP contribution in [0.15, 0.2) is 45.4 Å². The number of aromatic nitrogens is 2. The molecule has 0 atom stereocenters. The number of furan rings is 1. The van der Waals surface area contributed by atoms with Crippen molar-refractivity contribution < 1.29 is 18.3 Å². The van der Waals surface area contributed by atoms with Gasteiger partial charge in [-0.1, -0.05) is 13.0 Å². The van der Waals surface area contributed by atoms with E-state index in [-0.39, 0.29) is 6.79 Å². The van der Waals surface area contributed by atoms with Crippen LogP contribution in [0, 0.1) is 0 Å². The summed E-state index contributed by atoms with van der Waals surface area (Å²) in [5, 5.41) is 8.12. The quantitative estimate of drug-likeness (QED) is 0.688. The molecular weight excluding hydrogens is 310 g/mol. The summed E-state index contributed by atoms with van der Waals surface area (Å²) in [5.41, 5.74) is 1.15. The SMILES string of the molecule is CCN(Cc1ccc2c(c1)OCO2)Cc1nnc(-c2ccco2)o1. The molecule has 7 heteroatoms. The van der Waals surface area contributed by atoms with Gasteiger partial charge < -0.3 is 18.3 Å². The van der Waals surface area contributed by atoms with Crippen LogP contribution in [0.1, 0.15) is 18.4 Å². The Bertz CT molecular complexity index is 813. The first-order valence-electron chi connectivity index (χ1n) is 7.79. The van der Waals surface area contributed by atoms with Crippen LogP contribution >= 0.6 is 0 Å².